The molecule has 0 aromatic heterocycles. The maximum atomic E-state index is 14.0. The van der Waals surface area contributed by atoms with E-state index in [2.05, 4.69) is 229 Å². The van der Waals surface area contributed by atoms with Crippen LogP contribution in [0.2, 0.25) is 0 Å². The molecule has 2 heterocycles. The van der Waals surface area contributed by atoms with Crippen molar-refractivity contribution in [2.45, 2.75) is 247 Å². The van der Waals surface area contributed by atoms with Gasteiger partial charge in [-0.05, 0) is 158 Å². The Hall–Kier alpha value is -7.03. The van der Waals surface area contributed by atoms with Crippen LogP contribution in [-0.2, 0) is 15.6 Å². The Kier molecular flexibility index (Phi) is 20.3. The van der Waals surface area contributed by atoms with Gasteiger partial charge in [-0.1, -0.05) is 219 Å². The van der Waals surface area contributed by atoms with E-state index < -0.39 is 75.1 Å². The second-order valence-electron chi connectivity index (χ2n) is 34.0. The van der Waals surface area contributed by atoms with Crippen molar-refractivity contribution in [2.24, 2.45) is 43.3 Å². The van der Waals surface area contributed by atoms with E-state index in [1.807, 2.05) is 41.5 Å². The van der Waals surface area contributed by atoms with Gasteiger partial charge in [0.2, 0.25) is 0 Å². The summed E-state index contributed by atoms with van der Waals surface area (Å²) in [4.78, 5) is 14.4. The molecule has 3 nitrogen and oxygen atoms in total. The van der Waals surface area contributed by atoms with Gasteiger partial charge < -0.3 is 9.64 Å². The van der Waals surface area contributed by atoms with Crippen LogP contribution in [0.25, 0.3) is 0 Å². The molecular formula is C88H107F12NO2. The first-order chi connectivity index (χ1) is 46.6. The number of hydrogen-bond acceptors (Lipinski definition) is 3. The lowest BCUT2D eigenvalue weighted by Gasteiger charge is -2.57. The predicted octanol–water partition coefficient (Wildman–Crippen LogP) is 27.9. The van der Waals surface area contributed by atoms with Crippen LogP contribution in [0, 0.1) is 43.3 Å². The second-order valence-corrected chi connectivity index (χ2v) is 34.0. The SMILES string of the molecule is CC1=C(C)C(C)(C)C(=O)C1(C)C.CC1=C(C)C(C)(C)C(F)(F)C1(C)C.CC1=C(C)C(C)(C)C2(c3ccccc3N(c3ccccc3)c3ccccc32)C1(C)C.CC1=C(C)C(C)(C)C2(c3ccccc3Oc3ccccc32)C1(C)C.CC1=C(C)C(F)(F)C(F)(F)C1(F)F.CC1=C(C)C(F)(F)CC1(F)F. The third kappa shape index (κ3) is 11.2. The van der Waals surface area contributed by atoms with E-state index in [1.54, 1.807) is 27.7 Å². The molecule has 0 bridgehead atoms. The Morgan fingerprint density at radius 1 is 0.291 bits per heavy atom. The molecule has 15 heteroatoms. The number of benzene rings is 5. The average molecular weight is 1440 g/mol. The van der Waals surface area contributed by atoms with Gasteiger partial charge in [-0.2, -0.15) is 26.3 Å². The van der Waals surface area contributed by atoms with E-state index >= 15 is 0 Å². The van der Waals surface area contributed by atoms with Gasteiger partial charge in [0.05, 0.1) is 28.6 Å². The fraction of sp³-hybridized carbons (Fsp3) is 0.511. The first-order valence-electron chi connectivity index (χ1n) is 35.5. The largest absolute Gasteiger partial charge is 0.457 e. The molecule has 0 fully saturated rings. The summed E-state index contributed by atoms with van der Waals surface area (Å²) in [5, 5.41) is 0. The van der Waals surface area contributed by atoms with E-state index in [-0.39, 0.29) is 43.3 Å². The van der Waals surface area contributed by atoms with Crippen LogP contribution in [0.1, 0.15) is 223 Å². The van der Waals surface area contributed by atoms with Crippen molar-refractivity contribution in [1.29, 1.82) is 0 Å². The topological polar surface area (TPSA) is 29.5 Å². The lowest BCUT2D eigenvalue weighted by atomic mass is 9.48. The van der Waals surface area contributed by atoms with Crippen molar-refractivity contribution >= 4 is 22.8 Å². The van der Waals surface area contributed by atoms with Crippen molar-refractivity contribution in [1.82, 2.24) is 0 Å². The molecule has 2 aliphatic heterocycles. The number of ether oxygens (including phenoxy) is 1. The van der Waals surface area contributed by atoms with Crippen LogP contribution >= 0.6 is 0 Å². The first kappa shape index (κ1) is 81.6. The van der Waals surface area contributed by atoms with Gasteiger partial charge in [0, 0.05) is 82.4 Å². The summed E-state index contributed by atoms with van der Waals surface area (Å²) in [6.45, 7) is 54.4. The van der Waals surface area contributed by atoms with Gasteiger partial charge in [0.15, 0.2) is 5.78 Å². The maximum absolute atomic E-state index is 14.0. The molecule has 8 aliphatic rings. The van der Waals surface area contributed by atoms with Gasteiger partial charge in [0.25, 0.3) is 17.8 Å². The van der Waals surface area contributed by atoms with Crippen LogP contribution < -0.4 is 9.64 Å². The van der Waals surface area contributed by atoms with Crippen LogP contribution in [0.3, 0.4) is 0 Å². The third-order valence-electron chi connectivity index (χ3n) is 27.5. The normalized spacial score (nSPS) is 24.6. The maximum Gasteiger partial charge on any atom is 0.379 e. The molecule has 0 saturated carbocycles. The van der Waals surface area contributed by atoms with Gasteiger partial charge in [-0.25, -0.2) is 26.3 Å². The van der Waals surface area contributed by atoms with Crippen LogP contribution in [0.5, 0.6) is 11.5 Å². The summed E-state index contributed by atoms with van der Waals surface area (Å²) in [6, 6.07) is 46.1. The van der Waals surface area contributed by atoms with Gasteiger partial charge >= 0.3 is 17.8 Å². The molecule has 2 spiro atoms. The zero-order valence-corrected chi connectivity index (χ0v) is 65.6. The molecule has 0 N–H and O–H groups in total. The van der Waals surface area contributed by atoms with Crippen LogP contribution in [0.15, 0.2) is 194 Å². The fourth-order valence-electron chi connectivity index (χ4n) is 18.8. The molecule has 103 heavy (non-hydrogen) atoms. The first-order valence-corrected chi connectivity index (χ1v) is 35.5. The number of fused-ring (bicyclic) bond motifs is 8. The van der Waals surface area contributed by atoms with Crippen molar-refractivity contribution in [3.63, 3.8) is 0 Å². The number of allylic oxidation sites excluding steroid dienone is 12. The zero-order chi connectivity index (χ0) is 78.5. The van der Waals surface area contributed by atoms with Crippen molar-refractivity contribution in [3.8, 4) is 11.5 Å². The van der Waals surface area contributed by atoms with E-state index in [0.29, 0.717) is 19.6 Å². The number of carbonyl (C=O) groups is 1. The minimum Gasteiger partial charge on any atom is -0.457 e. The number of nitrogens with zero attached hydrogens (tertiary/aromatic N) is 1. The molecular weight excluding hydrogens is 1330 g/mol. The predicted molar refractivity (Wildman–Crippen MR) is 395 cm³/mol. The molecule has 0 amide bonds. The Morgan fingerprint density at radius 2 is 0.553 bits per heavy atom. The number of anilines is 3. The van der Waals surface area contributed by atoms with Crippen molar-refractivity contribution < 1.29 is 62.2 Å². The average Bonchev–Trinajstić information content (AvgIpc) is 1.55. The number of alkyl halides is 12. The molecule has 0 unspecified atom stereocenters. The summed E-state index contributed by atoms with van der Waals surface area (Å²) >= 11 is 0. The second kappa shape index (κ2) is 25.6. The third-order valence-corrected chi connectivity index (χ3v) is 27.5. The van der Waals surface area contributed by atoms with E-state index in [1.165, 1.54) is 72.8 Å². The standard InChI is InChI=1S/C29H31N.C23H26O.C11H18F2.C11H18O.C7H6F6.C7H8F4/c1-20-21(2)28(5,6)29(27(20,3)4)23-16-10-12-18-25(23)30(22-14-8-7-9-15-22)26-19-13-11-17-24(26)29;1-15-16(2)22(5,6)23(21(15,3)4)17-11-7-9-13-19(17)24-20-14-10-8-12-18(20)23;1-7-8(2)10(5,6)11(12,13)9(7,3)4;1-7-8(2)11(5,6)9(12)10(7,3)4;1-3-4(2)6(10,11)7(12,13)5(3,8)9;1-4-5(2)7(10,11)3-6(4,8)9/h7-19H,1-6H3;7-14H,1-6H3;1-6H3;1-6H3;1-2H3;3H2,1-2H3. The number of para-hydroxylation sites is 5. The Bertz CT molecular complexity index is 4100. The minimum atomic E-state index is -5.31. The van der Waals surface area contributed by atoms with E-state index in [9.17, 15) is 57.5 Å². The molecule has 13 rings (SSSR count). The highest BCUT2D eigenvalue weighted by Crippen LogP contribution is 2.75. The monoisotopic (exact) mass is 1440 g/mol. The summed E-state index contributed by atoms with van der Waals surface area (Å²) in [6.07, 6.45) is -1.36. The lowest BCUT2D eigenvalue weighted by Crippen LogP contribution is -2.52. The molecule has 560 valence electrons. The Labute approximate surface area is 605 Å². The molecule has 6 aliphatic carbocycles. The van der Waals surface area contributed by atoms with Gasteiger partial charge in [-0.3, -0.25) is 4.79 Å². The lowest BCUT2D eigenvalue weighted by molar-refractivity contribution is -0.264. The fourth-order valence-corrected chi connectivity index (χ4v) is 18.8. The summed E-state index contributed by atoms with van der Waals surface area (Å²) in [5.74, 6) is -21.7. The van der Waals surface area contributed by atoms with Crippen LogP contribution in [-0.4, -0.2) is 41.3 Å². The molecule has 0 atom stereocenters. The highest BCUT2D eigenvalue weighted by molar-refractivity contribution is 5.98. The number of Topliss-reactive ketones (excluding diaryl/α,β-unsaturated/α-hetero) is 1. The number of carbonyl (C=O) groups excluding carboxylic acids is 1. The smallest absolute Gasteiger partial charge is 0.379 e. The highest BCUT2D eigenvalue weighted by Gasteiger charge is 2.78. The number of ketones is 1. The Morgan fingerprint density at radius 3 is 0.796 bits per heavy atom. The summed E-state index contributed by atoms with van der Waals surface area (Å²) in [7, 11) is 0. The Balaban J connectivity index is 0.000000165. The quantitative estimate of drug-likeness (QED) is 0.124. The molecule has 5 aromatic carbocycles. The van der Waals surface area contributed by atoms with E-state index in [0.717, 1.165) is 36.5 Å². The number of halogens is 12. The van der Waals surface area contributed by atoms with E-state index in [4.69, 9.17) is 4.74 Å². The minimum absolute atomic E-state index is 0.00440. The molecule has 0 radical (unpaired) electrons. The summed E-state index contributed by atoms with van der Waals surface area (Å²) in [5.41, 5.74) is 13.3. The number of hydrogen-bond donors (Lipinski definition) is 0. The summed E-state index contributed by atoms with van der Waals surface area (Å²) < 4.78 is 160. The number of rotatable bonds is 1. The van der Waals surface area contributed by atoms with Crippen molar-refractivity contribution in [3.05, 3.63) is 217 Å². The van der Waals surface area contributed by atoms with Gasteiger partial charge in [0.1, 0.15) is 11.5 Å². The van der Waals surface area contributed by atoms with Crippen molar-refractivity contribution in [2.75, 3.05) is 4.90 Å². The highest BCUT2D eigenvalue weighted by atomic mass is 19.3. The molecule has 5 aromatic rings. The van der Waals surface area contributed by atoms with Crippen LogP contribution in [0.4, 0.5) is 69.7 Å². The zero-order valence-electron chi connectivity index (χ0n) is 65.6. The molecule has 0 saturated heterocycles. The van der Waals surface area contributed by atoms with Gasteiger partial charge in [-0.15, -0.1) is 0 Å².